The predicted molar refractivity (Wildman–Crippen MR) is 64.0 cm³/mol. The molecule has 0 saturated heterocycles. The van der Waals surface area contributed by atoms with E-state index in [0.29, 0.717) is 6.54 Å². The summed E-state index contributed by atoms with van der Waals surface area (Å²) in [6.45, 7) is 7.51. The average molecular weight is 228 g/mol. The molecule has 1 aromatic rings. The van der Waals surface area contributed by atoms with Crippen molar-refractivity contribution in [1.82, 2.24) is 4.98 Å². The van der Waals surface area contributed by atoms with E-state index >= 15 is 0 Å². The quantitative estimate of drug-likeness (QED) is 0.814. The fraction of sp³-hybridized carbons (Fsp3) is 0.727. The monoisotopic (exact) mass is 228 g/mol. The minimum atomic E-state index is 0.0934. The number of aromatic nitrogens is 1. The lowest BCUT2D eigenvalue weighted by Crippen LogP contribution is -1.99. The van der Waals surface area contributed by atoms with Gasteiger partial charge in [0.15, 0.2) is 0 Å². The van der Waals surface area contributed by atoms with Crippen LogP contribution < -0.4 is 5.73 Å². The third kappa shape index (κ3) is 3.26. The number of thiazole rings is 1. The van der Waals surface area contributed by atoms with Crippen LogP contribution >= 0.6 is 11.3 Å². The topological polar surface area (TPSA) is 48.1 Å². The minimum Gasteiger partial charge on any atom is -0.372 e. The summed E-state index contributed by atoms with van der Waals surface area (Å²) in [7, 11) is 0. The van der Waals surface area contributed by atoms with Gasteiger partial charge in [0, 0.05) is 18.0 Å². The Morgan fingerprint density at radius 1 is 1.47 bits per heavy atom. The second kappa shape index (κ2) is 6.20. The van der Waals surface area contributed by atoms with Gasteiger partial charge < -0.3 is 10.5 Å². The predicted octanol–water partition coefficient (Wildman–Crippen LogP) is 2.65. The first-order valence-corrected chi connectivity index (χ1v) is 6.34. The molecule has 0 aliphatic heterocycles. The molecule has 0 aromatic carbocycles. The van der Waals surface area contributed by atoms with Gasteiger partial charge in [-0.05, 0) is 20.3 Å². The third-order valence-electron chi connectivity index (χ3n) is 2.23. The summed E-state index contributed by atoms with van der Waals surface area (Å²) < 4.78 is 5.53. The number of ether oxygens (including phenoxy) is 1. The molecule has 1 unspecified atom stereocenters. The summed E-state index contributed by atoms with van der Waals surface area (Å²) in [5.74, 6) is 0. The van der Waals surface area contributed by atoms with E-state index in [9.17, 15) is 0 Å². The van der Waals surface area contributed by atoms with Gasteiger partial charge in [0.25, 0.3) is 0 Å². The fourth-order valence-corrected chi connectivity index (χ4v) is 2.48. The van der Waals surface area contributed by atoms with Gasteiger partial charge in [0.1, 0.15) is 11.1 Å². The largest absolute Gasteiger partial charge is 0.372 e. The van der Waals surface area contributed by atoms with Gasteiger partial charge in [-0.3, -0.25) is 0 Å². The Morgan fingerprint density at radius 3 is 2.73 bits per heavy atom. The number of aryl methyl sites for hydroxylation is 1. The Labute approximate surface area is 95.7 Å². The second-order valence-corrected chi connectivity index (χ2v) is 4.59. The maximum atomic E-state index is 5.70. The zero-order valence-corrected chi connectivity index (χ0v) is 10.6. The molecule has 1 rings (SSSR count). The summed E-state index contributed by atoms with van der Waals surface area (Å²) in [6.07, 6.45) is 2.22. The van der Waals surface area contributed by atoms with E-state index in [0.717, 1.165) is 30.2 Å². The van der Waals surface area contributed by atoms with Crippen molar-refractivity contribution in [2.75, 3.05) is 6.61 Å². The van der Waals surface area contributed by atoms with Crippen molar-refractivity contribution in [3.05, 3.63) is 15.6 Å². The summed E-state index contributed by atoms with van der Waals surface area (Å²) in [4.78, 5) is 5.81. The van der Waals surface area contributed by atoms with E-state index in [1.54, 1.807) is 11.3 Å². The summed E-state index contributed by atoms with van der Waals surface area (Å²) in [5, 5.41) is 1.06. The molecule has 0 saturated carbocycles. The summed E-state index contributed by atoms with van der Waals surface area (Å²) >= 11 is 1.69. The molecule has 3 nitrogen and oxygen atoms in total. The van der Waals surface area contributed by atoms with Gasteiger partial charge in [-0.2, -0.15) is 0 Å². The maximum Gasteiger partial charge on any atom is 0.122 e. The van der Waals surface area contributed by atoms with Crippen molar-refractivity contribution in [3.8, 4) is 0 Å². The first-order valence-electron chi connectivity index (χ1n) is 5.53. The van der Waals surface area contributed by atoms with Gasteiger partial charge in [-0.1, -0.05) is 13.3 Å². The molecule has 1 heterocycles. The highest BCUT2D eigenvalue weighted by Gasteiger charge is 2.14. The SMILES string of the molecule is CCCc1nc(C(C)OCC)sc1CN. The zero-order valence-electron chi connectivity index (χ0n) is 9.75. The van der Waals surface area contributed by atoms with Gasteiger partial charge >= 0.3 is 0 Å². The van der Waals surface area contributed by atoms with Gasteiger partial charge in [0.05, 0.1) is 5.69 Å². The molecule has 0 bridgehead atoms. The van der Waals surface area contributed by atoms with Crippen LogP contribution in [0.5, 0.6) is 0 Å². The van der Waals surface area contributed by atoms with Crippen LogP contribution in [0.25, 0.3) is 0 Å². The van der Waals surface area contributed by atoms with Crippen LogP contribution in [-0.2, 0) is 17.7 Å². The molecule has 15 heavy (non-hydrogen) atoms. The molecule has 0 radical (unpaired) electrons. The lowest BCUT2D eigenvalue weighted by atomic mass is 10.2. The highest BCUT2D eigenvalue weighted by Crippen LogP contribution is 2.26. The normalized spacial score (nSPS) is 13.1. The van der Waals surface area contributed by atoms with Crippen molar-refractivity contribution < 1.29 is 4.74 Å². The van der Waals surface area contributed by atoms with Crippen LogP contribution in [0.3, 0.4) is 0 Å². The standard InChI is InChI=1S/C11H20N2OS/c1-4-6-9-10(7-12)15-11(13-9)8(3)14-5-2/h8H,4-7,12H2,1-3H3. The first kappa shape index (κ1) is 12.6. The Morgan fingerprint density at radius 2 is 2.20 bits per heavy atom. The smallest absolute Gasteiger partial charge is 0.122 e. The van der Waals surface area contributed by atoms with E-state index in [1.807, 2.05) is 13.8 Å². The number of nitrogens with two attached hydrogens (primary N) is 1. The molecule has 2 N–H and O–H groups in total. The number of hydrogen-bond acceptors (Lipinski definition) is 4. The fourth-order valence-electron chi connectivity index (χ4n) is 1.49. The Bertz CT molecular complexity index is 299. The number of hydrogen-bond donors (Lipinski definition) is 1. The van der Waals surface area contributed by atoms with Crippen molar-refractivity contribution in [3.63, 3.8) is 0 Å². The molecular weight excluding hydrogens is 208 g/mol. The van der Waals surface area contributed by atoms with Crippen LogP contribution in [0.2, 0.25) is 0 Å². The van der Waals surface area contributed by atoms with E-state index in [1.165, 1.54) is 4.88 Å². The lowest BCUT2D eigenvalue weighted by molar-refractivity contribution is 0.0761. The van der Waals surface area contributed by atoms with Crippen molar-refractivity contribution in [1.29, 1.82) is 0 Å². The van der Waals surface area contributed by atoms with Crippen LogP contribution in [0.15, 0.2) is 0 Å². The molecule has 0 spiro atoms. The highest BCUT2D eigenvalue weighted by molar-refractivity contribution is 7.11. The van der Waals surface area contributed by atoms with Crippen molar-refractivity contribution in [2.45, 2.75) is 46.3 Å². The molecule has 1 atom stereocenters. The van der Waals surface area contributed by atoms with Crippen LogP contribution in [0.4, 0.5) is 0 Å². The first-order chi connectivity index (χ1) is 7.22. The van der Waals surface area contributed by atoms with Crippen molar-refractivity contribution >= 4 is 11.3 Å². The van der Waals surface area contributed by atoms with Crippen LogP contribution in [-0.4, -0.2) is 11.6 Å². The van der Waals surface area contributed by atoms with Crippen LogP contribution in [0, 0.1) is 0 Å². The van der Waals surface area contributed by atoms with E-state index in [2.05, 4.69) is 11.9 Å². The van der Waals surface area contributed by atoms with Gasteiger partial charge in [0.2, 0.25) is 0 Å². The molecule has 1 aromatic heterocycles. The van der Waals surface area contributed by atoms with Crippen molar-refractivity contribution in [2.24, 2.45) is 5.73 Å². The average Bonchev–Trinajstić information content (AvgIpc) is 2.62. The number of nitrogens with zero attached hydrogens (tertiary/aromatic N) is 1. The zero-order chi connectivity index (χ0) is 11.3. The molecule has 0 fully saturated rings. The van der Waals surface area contributed by atoms with Gasteiger partial charge in [-0.25, -0.2) is 4.98 Å². The van der Waals surface area contributed by atoms with E-state index < -0.39 is 0 Å². The van der Waals surface area contributed by atoms with E-state index in [4.69, 9.17) is 10.5 Å². The Hall–Kier alpha value is -0.450. The second-order valence-electron chi connectivity index (χ2n) is 3.47. The number of rotatable bonds is 6. The Kier molecular flexibility index (Phi) is 5.22. The molecule has 0 aliphatic carbocycles. The summed E-state index contributed by atoms with van der Waals surface area (Å²) in [5.41, 5.74) is 6.86. The lowest BCUT2D eigenvalue weighted by Gasteiger charge is -2.06. The molecule has 4 heteroatoms. The summed E-state index contributed by atoms with van der Waals surface area (Å²) in [6, 6.07) is 0. The Balaban J connectivity index is 2.81. The van der Waals surface area contributed by atoms with Crippen LogP contribution in [0.1, 0.15) is 48.9 Å². The molecular formula is C11H20N2OS. The van der Waals surface area contributed by atoms with Gasteiger partial charge in [-0.15, -0.1) is 11.3 Å². The maximum absolute atomic E-state index is 5.70. The molecule has 0 amide bonds. The molecule has 86 valence electrons. The molecule has 0 aliphatic rings. The minimum absolute atomic E-state index is 0.0934. The highest BCUT2D eigenvalue weighted by atomic mass is 32.1. The van der Waals surface area contributed by atoms with E-state index in [-0.39, 0.29) is 6.10 Å². The third-order valence-corrected chi connectivity index (χ3v) is 3.51.